The molecule has 0 fully saturated rings. The lowest BCUT2D eigenvalue weighted by Gasteiger charge is -2.14. The van der Waals surface area contributed by atoms with E-state index in [2.05, 4.69) is 49.9 Å². The van der Waals surface area contributed by atoms with Gasteiger partial charge >= 0.3 is 0 Å². The highest BCUT2D eigenvalue weighted by atomic mass is 28.2. The predicted octanol–water partition coefficient (Wildman–Crippen LogP) is 2.17. The van der Waals surface area contributed by atoms with Gasteiger partial charge in [-0.2, -0.15) is 0 Å². The molecule has 1 nitrogen and oxygen atoms in total. The molecule has 2 N–H and O–H groups in total. The molecule has 1 aromatic carbocycles. The highest BCUT2D eigenvalue weighted by molar-refractivity contribution is 6.44. The van der Waals surface area contributed by atoms with E-state index in [1.165, 1.54) is 11.1 Å². The van der Waals surface area contributed by atoms with Gasteiger partial charge in [-0.1, -0.05) is 35.9 Å². The summed E-state index contributed by atoms with van der Waals surface area (Å²) in [5.74, 6) is 0. The highest BCUT2D eigenvalue weighted by Crippen LogP contribution is 2.17. The van der Waals surface area contributed by atoms with Gasteiger partial charge in [-0.15, -0.1) is 5.70 Å². The normalized spacial score (nSPS) is 13.0. The largest absolute Gasteiger partial charge is 0.330 e. The Kier molecular flexibility index (Phi) is 5.36. The van der Waals surface area contributed by atoms with E-state index in [4.69, 9.17) is 5.73 Å². The lowest BCUT2D eigenvalue weighted by molar-refractivity contribution is 0.799. The first-order valence-corrected chi connectivity index (χ1v) is 7.25. The molecule has 0 aliphatic rings. The van der Waals surface area contributed by atoms with Crippen LogP contribution in [0.2, 0.25) is 0 Å². The first-order valence-electron chi connectivity index (χ1n) is 5.62. The van der Waals surface area contributed by atoms with Gasteiger partial charge in [0.2, 0.25) is 0 Å². The van der Waals surface area contributed by atoms with E-state index in [1.54, 1.807) is 0 Å². The average molecular weight is 219 g/mol. The minimum Gasteiger partial charge on any atom is -0.330 e. The first kappa shape index (κ1) is 12.2. The quantitative estimate of drug-likeness (QED) is 0.755. The lowest BCUT2D eigenvalue weighted by atomic mass is 10.1. The van der Waals surface area contributed by atoms with Gasteiger partial charge in [-0.25, -0.2) is 0 Å². The standard InChI is InChI=1S/C13H21NSi/c1-11(2)10-15-13(8-9-14)12-6-4-3-5-7-12/h3-7,10,13H,8-9,14-15H2,1-2H3. The van der Waals surface area contributed by atoms with Gasteiger partial charge in [0, 0.05) is 0 Å². The zero-order chi connectivity index (χ0) is 11.1. The van der Waals surface area contributed by atoms with Crippen molar-refractivity contribution in [2.24, 2.45) is 5.73 Å². The SMILES string of the molecule is CC(C)=C[SiH2]C(CCN)c1ccccc1. The van der Waals surface area contributed by atoms with Crippen molar-refractivity contribution in [3.8, 4) is 0 Å². The molecule has 82 valence electrons. The van der Waals surface area contributed by atoms with Gasteiger partial charge in [0.1, 0.15) is 0 Å². The summed E-state index contributed by atoms with van der Waals surface area (Å²) in [6.45, 7) is 5.15. The Bertz CT molecular complexity index is 302. The summed E-state index contributed by atoms with van der Waals surface area (Å²) < 4.78 is 0. The summed E-state index contributed by atoms with van der Waals surface area (Å²) in [4.78, 5) is 0. The van der Waals surface area contributed by atoms with Crippen LogP contribution in [0.3, 0.4) is 0 Å². The van der Waals surface area contributed by atoms with Crippen LogP contribution < -0.4 is 5.73 Å². The maximum atomic E-state index is 5.67. The Morgan fingerprint density at radius 2 is 2.00 bits per heavy atom. The van der Waals surface area contributed by atoms with E-state index < -0.39 is 0 Å². The van der Waals surface area contributed by atoms with Crippen LogP contribution in [0.4, 0.5) is 0 Å². The Balaban J connectivity index is 2.70. The minimum atomic E-state index is -0.173. The third-order valence-corrected chi connectivity index (χ3v) is 5.10. The van der Waals surface area contributed by atoms with Crippen molar-refractivity contribution in [1.82, 2.24) is 0 Å². The van der Waals surface area contributed by atoms with E-state index >= 15 is 0 Å². The molecule has 0 spiro atoms. The number of allylic oxidation sites excluding steroid dienone is 1. The fourth-order valence-electron chi connectivity index (χ4n) is 1.72. The van der Waals surface area contributed by atoms with Crippen molar-refractivity contribution in [3.05, 3.63) is 47.2 Å². The Hall–Kier alpha value is -0.863. The third kappa shape index (κ3) is 4.45. The van der Waals surface area contributed by atoms with Crippen LogP contribution in [-0.4, -0.2) is 16.1 Å². The van der Waals surface area contributed by atoms with Gasteiger partial charge in [-0.3, -0.25) is 0 Å². The molecular formula is C13H21NSi. The summed E-state index contributed by atoms with van der Waals surface area (Å²) in [5.41, 5.74) is 11.7. The maximum Gasteiger partial charge on any atom is 0.0532 e. The molecule has 0 radical (unpaired) electrons. The zero-order valence-electron chi connectivity index (χ0n) is 9.74. The number of hydrogen-bond acceptors (Lipinski definition) is 1. The molecule has 1 rings (SSSR count). The van der Waals surface area contributed by atoms with Crippen LogP contribution in [0.5, 0.6) is 0 Å². The fraction of sp³-hybridized carbons (Fsp3) is 0.385. The molecule has 0 aromatic heterocycles. The third-order valence-electron chi connectivity index (χ3n) is 2.60. The molecule has 0 aliphatic heterocycles. The molecule has 0 saturated carbocycles. The Morgan fingerprint density at radius 1 is 1.33 bits per heavy atom. The van der Waals surface area contributed by atoms with Gasteiger partial charge in [0.25, 0.3) is 0 Å². The van der Waals surface area contributed by atoms with Crippen LogP contribution in [0.25, 0.3) is 0 Å². The molecule has 15 heavy (non-hydrogen) atoms. The van der Waals surface area contributed by atoms with Gasteiger partial charge in [0.05, 0.1) is 9.52 Å². The summed E-state index contributed by atoms with van der Waals surface area (Å²) in [6.07, 6.45) is 1.13. The second-order valence-electron chi connectivity index (χ2n) is 4.20. The van der Waals surface area contributed by atoms with Crippen LogP contribution in [0, 0.1) is 0 Å². The monoisotopic (exact) mass is 219 g/mol. The van der Waals surface area contributed by atoms with E-state index in [1.807, 2.05) is 0 Å². The number of hydrogen-bond donors (Lipinski definition) is 1. The Morgan fingerprint density at radius 3 is 2.53 bits per heavy atom. The molecule has 1 unspecified atom stereocenters. The van der Waals surface area contributed by atoms with Gasteiger partial charge < -0.3 is 5.73 Å². The molecule has 1 atom stereocenters. The summed E-state index contributed by atoms with van der Waals surface area (Å²) in [6, 6.07) is 10.8. The predicted molar refractivity (Wildman–Crippen MR) is 70.8 cm³/mol. The van der Waals surface area contributed by atoms with Crippen molar-refractivity contribution in [2.45, 2.75) is 25.8 Å². The minimum absolute atomic E-state index is 0.173. The van der Waals surface area contributed by atoms with Gasteiger partial charge in [0.15, 0.2) is 0 Å². The van der Waals surface area contributed by atoms with Crippen LogP contribution in [-0.2, 0) is 0 Å². The molecule has 0 saturated heterocycles. The van der Waals surface area contributed by atoms with Gasteiger partial charge in [-0.05, 0) is 37.9 Å². The molecule has 1 aromatic rings. The zero-order valence-corrected chi connectivity index (χ0v) is 11.2. The van der Waals surface area contributed by atoms with E-state index in [9.17, 15) is 0 Å². The first-order chi connectivity index (χ1) is 7.24. The van der Waals surface area contributed by atoms with Crippen molar-refractivity contribution in [2.75, 3.05) is 6.54 Å². The summed E-state index contributed by atoms with van der Waals surface area (Å²) >= 11 is 0. The molecule has 0 aliphatic carbocycles. The van der Waals surface area contributed by atoms with E-state index in [0.717, 1.165) is 13.0 Å². The number of benzene rings is 1. The number of rotatable bonds is 5. The topological polar surface area (TPSA) is 26.0 Å². The summed E-state index contributed by atoms with van der Waals surface area (Å²) in [5, 5.41) is 0. The second-order valence-corrected chi connectivity index (χ2v) is 6.07. The molecule has 0 heterocycles. The van der Waals surface area contributed by atoms with Crippen molar-refractivity contribution in [3.63, 3.8) is 0 Å². The van der Waals surface area contributed by atoms with Crippen molar-refractivity contribution < 1.29 is 0 Å². The van der Waals surface area contributed by atoms with Crippen LogP contribution in [0.1, 0.15) is 31.4 Å². The van der Waals surface area contributed by atoms with Crippen molar-refractivity contribution in [1.29, 1.82) is 0 Å². The highest BCUT2D eigenvalue weighted by Gasteiger charge is 2.08. The molecule has 0 amide bonds. The lowest BCUT2D eigenvalue weighted by Crippen LogP contribution is -2.12. The smallest absolute Gasteiger partial charge is 0.0532 e. The fourth-order valence-corrected chi connectivity index (χ4v) is 3.50. The van der Waals surface area contributed by atoms with Crippen LogP contribution >= 0.6 is 0 Å². The van der Waals surface area contributed by atoms with E-state index in [0.29, 0.717) is 5.54 Å². The van der Waals surface area contributed by atoms with Crippen LogP contribution in [0.15, 0.2) is 41.6 Å². The second kappa shape index (κ2) is 6.59. The molecule has 0 bridgehead atoms. The number of nitrogens with two attached hydrogens (primary N) is 1. The molecular weight excluding hydrogens is 198 g/mol. The maximum absolute atomic E-state index is 5.67. The van der Waals surface area contributed by atoms with Crippen molar-refractivity contribution >= 4 is 9.52 Å². The van der Waals surface area contributed by atoms with E-state index in [-0.39, 0.29) is 9.52 Å². The average Bonchev–Trinajstić information content (AvgIpc) is 2.25. The summed E-state index contributed by atoms with van der Waals surface area (Å²) in [7, 11) is -0.173. The Labute approximate surface area is 95.2 Å². The molecule has 2 heteroatoms.